The minimum atomic E-state index is -0.841. The van der Waals surface area contributed by atoms with Gasteiger partial charge in [-0.25, -0.2) is 0 Å². The van der Waals surface area contributed by atoms with Crippen LogP contribution in [0.15, 0.2) is 24.3 Å². The summed E-state index contributed by atoms with van der Waals surface area (Å²) < 4.78 is 11.9. The fourth-order valence-corrected chi connectivity index (χ4v) is 2.90. The number of carbonyl (C=O) groups excluding carboxylic acids is 1. The fraction of sp³-hybridized carbons (Fsp3) is 0.562. The largest absolute Gasteiger partial charge is 0.491 e. The Kier molecular flexibility index (Phi) is 5.87. The zero-order chi connectivity index (χ0) is 15.3. The molecule has 0 bridgehead atoms. The molecule has 0 heterocycles. The van der Waals surface area contributed by atoms with Crippen molar-refractivity contribution in [3.05, 3.63) is 27.8 Å². The number of halogens is 1. The number of esters is 1. The van der Waals surface area contributed by atoms with Crippen LogP contribution in [-0.4, -0.2) is 29.9 Å². The van der Waals surface area contributed by atoms with Crippen LogP contribution in [0.3, 0.4) is 0 Å². The van der Waals surface area contributed by atoms with Gasteiger partial charge in [0, 0.05) is 3.57 Å². The highest BCUT2D eigenvalue weighted by molar-refractivity contribution is 14.1. The van der Waals surface area contributed by atoms with Crippen molar-refractivity contribution in [1.29, 1.82) is 0 Å². The Morgan fingerprint density at radius 2 is 1.95 bits per heavy atom. The molecule has 1 fully saturated rings. The number of rotatable bonds is 5. The van der Waals surface area contributed by atoms with Gasteiger partial charge in [-0.05, 0) is 79.5 Å². The average Bonchev–Trinajstić information content (AvgIpc) is 2.48. The van der Waals surface area contributed by atoms with Gasteiger partial charge in [0.05, 0.1) is 18.1 Å². The lowest BCUT2D eigenvalue weighted by Crippen LogP contribution is -2.41. The Morgan fingerprint density at radius 3 is 2.52 bits per heavy atom. The molecule has 0 spiro atoms. The van der Waals surface area contributed by atoms with E-state index in [2.05, 4.69) is 22.6 Å². The number of hydrogen-bond donors (Lipinski definition) is 1. The highest BCUT2D eigenvalue weighted by atomic mass is 127. The van der Waals surface area contributed by atoms with Crippen molar-refractivity contribution in [1.82, 2.24) is 0 Å². The molecule has 5 heteroatoms. The normalized spacial score (nSPS) is 25.4. The Balaban J connectivity index is 1.82. The fourth-order valence-electron chi connectivity index (χ4n) is 2.54. The molecule has 116 valence electrons. The van der Waals surface area contributed by atoms with Crippen LogP contribution in [0.25, 0.3) is 0 Å². The molecule has 0 amide bonds. The lowest BCUT2D eigenvalue weighted by molar-refractivity contribution is -0.151. The van der Waals surface area contributed by atoms with Crippen LogP contribution in [0.4, 0.5) is 0 Å². The van der Waals surface area contributed by atoms with Crippen LogP contribution in [0.2, 0.25) is 0 Å². The van der Waals surface area contributed by atoms with Gasteiger partial charge in [0.1, 0.15) is 12.4 Å². The number of hydrogen-bond acceptors (Lipinski definition) is 4. The lowest BCUT2D eigenvalue weighted by atomic mass is 9.79. The van der Waals surface area contributed by atoms with Gasteiger partial charge in [0.2, 0.25) is 0 Å². The summed E-state index contributed by atoms with van der Waals surface area (Å²) in [5, 5.41) is 10.5. The molecule has 1 aliphatic carbocycles. The highest BCUT2D eigenvalue weighted by Crippen LogP contribution is 2.33. The van der Waals surface area contributed by atoms with Crippen LogP contribution in [-0.2, 0) is 9.53 Å². The summed E-state index contributed by atoms with van der Waals surface area (Å²) in [6, 6.07) is 7.74. The van der Waals surface area contributed by atoms with E-state index in [4.69, 9.17) is 9.47 Å². The van der Waals surface area contributed by atoms with Crippen molar-refractivity contribution in [2.24, 2.45) is 5.92 Å². The molecule has 4 nitrogen and oxygen atoms in total. The number of carbonyl (C=O) groups is 1. The first kappa shape index (κ1) is 16.5. The molecule has 0 aromatic heterocycles. The summed E-state index contributed by atoms with van der Waals surface area (Å²) in [7, 11) is 0. The van der Waals surface area contributed by atoms with E-state index in [1.54, 1.807) is 0 Å². The summed E-state index contributed by atoms with van der Waals surface area (Å²) in [6.07, 6.45) is 2.46. The van der Waals surface area contributed by atoms with E-state index in [0.29, 0.717) is 32.3 Å². The van der Waals surface area contributed by atoms with Crippen molar-refractivity contribution < 1.29 is 19.4 Å². The van der Waals surface area contributed by atoms with Crippen molar-refractivity contribution in [2.75, 3.05) is 13.2 Å². The van der Waals surface area contributed by atoms with Crippen LogP contribution in [0.1, 0.15) is 32.6 Å². The minimum absolute atomic E-state index is 0.0801. The third kappa shape index (κ3) is 4.85. The first-order valence-electron chi connectivity index (χ1n) is 7.30. The summed E-state index contributed by atoms with van der Waals surface area (Å²) in [6.45, 7) is 2.49. The van der Waals surface area contributed by atoms with Crippen LogP contribution in [0.5, 0.6) is 5.75 Å². The third-order valence-corrected chi connectivity index (χ3v) is 4.58. The Bertz CT molecular complexity index is 464. The molecule has 0 unspecified atom stereocenters. The van der Waals surface area contributed by atoms with Crippen molar-refractivity contribution in [3.8, 4) is 5.75 Å². The van der Waals surface area contributed by atoms with Gasteiger partial charge in [-0.1, -0.05) is 0 Å². The van der Waals surface area contributed by atoms with E-state index >= 15 is 0 Å². The summed E-state index contributed by atoms with van der Waals surface area (Å²) in [5.41, 5.74) is -0.841. The zero-order valence-electron chi connectivity index (χ0n) is 12.2. The maximum absolute atomic E-state index is 11.7. The molecule has 1 aromatic carbocycles. The molecule has 0 radical (unpaired) electrons. The molecular weight excluding hydrogens is 383 g/mol. The SMILES string of the molecule is CCOC(=O)C1CCC(O)(COc2ccc(I)cc2)CC1. The van der Waals surface area contributed by atoms with E-state index in [1.807, 2.05) is 31.2 Å². The van der Waals surface area contributed by atoms with E-state index in [0.717, 1.165) is 9.32 Å². The lowest BCUT2D eigenvalue weighted by Gasteiger charge is -2.34. The van der Waals surface area contributed by atoms with E-state index in [1.165, 1.54) is 0 Å². The van der Waals surface area contributed by atoms with Crippen LogP contribution >= 0.6 is 22.6 Å². The molecule has 1 N–H and O–H groups in total. The summed E-state index contributed by atoms with van der Waals surface area (Å²) in [5.74, 6) is 0.540. The molecule has 1 aliphatic rings. The van der Waals surface area contributed by atoms with Gasteiger partial charge in [-0.2, -0.15) is 0 Å². The third-order valence-electron chi connectivity index (χ3n) is 3.86. The van der Waals surface area contributed by atoms with E-state index in [9.17, 15) is 9.90 Å². The molecule has 0 aliphatic heterocycles. The van der Waals surface area contributed by atoms with Gasteiger partial charge in [0.15, 0.2) is 0 Å². The topological polar surface area (TPSA) is 55.8 Å². The second-order valence-electron chi connectivity index (χ2n) is 5.49. The second kappa shape index (κ2) is 7.45. The van der Waals surface area contributed by atoms with Crippen molar-refractivity contribution >= 4 is 28.6 Å². The minimum Gasteiger partial charge on any atom is -0.491 e. The number of benzene rings is 1. The monoisotopic (exact) mass is 404 g/mol. The molecular formula is C16H21IO4. The van der Waals surface area contributed by atoms with Crippen molar-refractivity contribution in [2.45, 2.75) is 38.2 Å². The smallest absolute Gasteiger partial charge is 0.308 e. The van der Waals surface area contributed by atoms with Crippen LogP contribution < -0.4 is 4.74 Å². The van der Waals surface area contributed by atoms with E-state index in [-0.39, 0.29) is 18.5 Å². The van der Waals surface area contributed by atoms with Gasteiger partial charge >= 0.3 is 5.97 Å². The van der Waals surface area contributed by atoms with Crippen LogP contribution in [0, 0.1) is 9.49 Å². The Hall–Kier alpha value is -0.820. The number of ether oxygens (including phenoxy) is 2. The standard InChI is InChI=1S/C16H21IO4/c1-2-20-15(18)12-7-9-16(19,10-8-12)11-21-14-5-3-13(17)4-6-14/h3-6,12,19H,2,7-11H2,1H3. The molecule has 1 saturated carbocycles. The summed E-state index contributed by atoms with van der Waals surface area (Å²) in [4.78, 5) is 11.7. The predicted octanol–water partition coefficient (Wildman–Crippen LogP) is 3.15. The quantitative estimate of drug-likeness (QED) is 0.605. The molecule has 0 saturated heterocycles. The number of aliphatic hydroxyl groups is 1. The van der Waals surface area contributed by atoms with Gasteiger partial charge < -0.3 is 14.6 Å². The summed E-state index contributed by atoms with van der Waals surface area (Å²) >= 11 is 2.24. The molecule has 2 rings (SSSR count). The first-order chi connectivity index (χ1) is 10.0. The Morgan fingerprint density at radius 1 is 1.33 bits per heavy atom. The maximum Gasteiger partial charge on any atom is 0.308 e. The predicted molar refractivity (Wildman–Crippen MR) is 88.2 cm³/mol. The molecule has 1 aromatic rings. The van der Waals surface area contributed by atoms with Gasteiger partial charge in [0.25, 0.3) is 0 Å². The molecule has 21 heavy (non-hydrogen) atoms. The first-order valence-corrected chi connectivity index (χ1v) is 8.38. The zero-order valence-corrected chi connectivity index (χ0v) is 14.3. The van der Waals surface area contributed by atoms with Gasteiger partial charge in [-0.15, -0.1) is 0 Å². The van der Waals surface area contributed by atoms with Crippen molar-refractivity contribution in [3.63, 3.8) is 0 Å². The average molecular weight is 404 g/mol. The second-order valence-corrected chi connectivity index (χ2v) is 6.74. The van der Waals surface area contributed by atoms with E-state index < -0.39 is 5.60 Å². The Labute approximate surface area is 139 Å². The highest BCUT2D eigenvalue weighted by Gasteiger charge is 2.37. The molecule has 0 atom stereocenters. The van der Waals surface area contributed by atoms with Gasteiger partial charge in [-0.3, -0.25) is 4.79 Å². The maximum atomic E-state index is 11.7.